The summed E-state index contributed by atoms with van der Waals surface area (Å²) >= 11 is 0. The third kappa shape index (κ3) is 3.61. The minimum Gasteiger partial charge on any atom is -0.455 e. The zero-order valence-corrected chi connectivity index (χ0v) is 15.8. The molecule has 0 aliphatic carbocycles. The molecule has 8 heteroatoms. The summed E-state index contributed by atoms with van der Waals surface area (Å²) < 4.78 is 32.6. The maximum atomic E-state index is 12.9. The van der Waals surface area contributed by atoms with Crippen LogP contribution >= 0.6 is 0 Å². The summed E-state index contributed by atoms with van der Waals surface area (Å²) in [5.74, 6) is 0.188. The summed E-state index contributed by atoms with van der Waals surface area (Å²) in [6, 6.07) is 1.55. The molecule has 2 fully saturated rings. The van der Waals surface area contributed by atoms with E-state index in [1.165, 1.54) is 10.4 Å². The second-order valence-corrected chi connectivity index (χ2v) is 8.69. The maximum absolute atomic E-state index is 12.9. The van der Waals surface area contributed by atoms with Crippen LogP contribution in [-0.4, -0.2) is 62.3 Å². The third-order valence-corrected chi connectivity index (χ3v) is 6.97. The summed E-state index contributed by atoms with van der Waals surface area (Å²) in [6.45, 7) is 7.01. The van der Waals surface area contributed by atoms with Crippen molar-refractivity contribution in [1.82, 2.24) is 14.5 Å². The number of amides is 1. The van der Waals surface area contributed by atoms with Gasteiger partial charge in [-0.3, -0.25) is 4.79 Å². The Kier molecular flexibility index (Phi) is 5.50. The molecule has 7 nitrogen and oxygen atoms in total. The molecule has 0 saturated carbocycles. The van der Waals surface area contributed by atoms with Gasteiger partial charge < -0.3 is 14.6 Å². The van der Waals surface area contributed by atoms with E-state index >= 15 is 0 Å². The van der Waals surface area contributed by atoms with Gasteiger partial charge in [0.1, 0.15) is 10.7 Å². The number of carbonyl (C=O) groups is 1. The van der Waals surface area contributed by atoms with E-state index in [0.29, 0.717) is 19.6 Å². The number of hydrogen-bond donors (Lipinski definition) is 1. The predicted octanol–water partition coefficient (Wildman–Crippen LogP) is 1.59. The van der Waals surface area contributed by atoms with Crippen molar-refractivity contribution in [3.63, 3.8) is 0 Å². The number of nitrogens with one attached hydrogen (secondary N) is 1. The molecule has 1 atom stereocenters. The SMILES string of the molecule is CCCN(C(=O)c1cc(S(=O)(=O)N2CCCC2)c(C)o1)C1CCNC1. The van der Waals surface area contributed by atoms with E-state index in [2.05, 4.69) is 5.32 Å². The highest BCUT2D eigenvalue weighted by Crippen LogP contribution is 2.27. The van der Waals surface area contributed by atoms with Gasteiger partial charge in [-0.05, 0) is 39.2 Å². The van der Waals surface area contributed by atoms with Gasteiger partial charge in [0, 0.05) is 38.3 Å². The normalized spacial score (nSPS) is 21.8. The zero-order valence-electron chi connectivity index (χ0n) is 15.0. The van der Waals surface area contributed by atoms with Crippen LogP contribution in [0.2, 0.25) is 0 Å². The zero-order chi connectivity index (χ0) is 18.0. The standard InChI is InChI=1S/C17H27N3O4S/c1-3-8-20(14-6-7-18-12-14)17(21)15-11-16(13(2)24-15)25(22,23)19-9-4-5-10-19/h11,14,18H,3-10,12H2,1-2H3. The summed E-state index contributed by atoms with van der Waals surface area (Å²) in [7, 11) is -3.58. The molecule has 2 aliphatic rings. The van der Waals surface area contributed by atoms with Crippen molar-refractivity contribution in [3.8, 4) is 0 Å². The third-order valence-electron chi connectivity index (χ3n) is 4.97. The topological polar surface area (TPSA) is 82.9 Å². The molecule has 2 aliphatic heterocycles. The van der Waals surface area contributed by atoms with Crippen molar-refractivity contribution in [1.29, 1.82) is 0 Å². The molecule has 1 aromatic heterocycles. The Hall–Kier alpha value is -1.38. The van der Waals surface area contributed by atoms with Gasteiger partial charge in [-0.1, -0.05) is 6.92 Å². The first-order chi connectivity index (χ1) is 11.9. The molecule has 2 saturated heterocycles. The van der Waals surface area contributed by atoms with E-state index < -0.39 is 10.0 Å². The fourth-order valence-electron chi connectivity index (χ4n) is 3.63. The molecule has 0 aromatic carbocycles. The Morgan fingerprint density at radius 3 is 2.72 bits per heavy atom. The molecule has 3 rings (SSSR count). The lowest BCUT2D eigenvalue weighted by Crippen LogP contribution is -2.42. The van der Waals surface area contributed by atoms with Crippen LogP contribution < -0.4 is 5.32 Å². The highest BCUT2D eigenvalue weighted by Gasteiger charge is 2.34. The maximum Gasteiger partial charge on any atom is 0.289 e. The Morgan fingerprint density at radius 1 is 1.40 bits per heavy atom. The van der Waals surface area contributed by atoms with Gasteiger partial charge in [-0.25, -0.2) is 8.42 Å². The molecule has 1 amide bonds. The Labute approximate surface area is 149 Å². The number of nitrogens with zero attached hydrogens (tertiary/aromatic N) is 2. The van der Waals surface area contributed by atoms with Gasteiger partial charge in [0.25, 0.3) is 5.91 Å². The van der Waals surface area contributed by atoms with Gasteiger partial charge in [0.2, 0.25) is 10.0 Å². The molecule has 1 N–H and O–H groups in total. The molecular formula is C17H27N3O4S. The van der Waals surface area contributed by atoms with Crippen LogP contribution in [0, 0.1) is 6.92 Å². The fourth-order valence-corrected chi connectivity index (χ4v) is 5.31. The minimum absolute atomic E-state index is 0.121. The van der Waals surface area contributed by atoms with Crippen molar-refractivity contribution in [3.05, 3.63) is 17.6 Å². The predicted molar refractivity (Wildman–Crippen MR) is 94.0 cm³/mol. The van der Waals surface area contributed by atoms with Gasteiger partial charge >= 0.3 is 0 Å². The molecule has 1 aromatic rings. The Balaban J connectivity index is 1.86. The number of furan rings is 1. The van der Waals surface area contributed by atoms with Crippen LogP contribution in [0.15, 0.2) is 15.4 Å². The minimum atomic E-state index is -3.58. The van der Waals surface area contributed by atoms with Crippen molar-refractivity contribution < 1.29 is 17.6 Å². The first kappa shape index (κ1) is 18.4. The molecule has 0 bridgehead atoms. The van der Waals surface area contributed by atoms with Crippen LogP contribution in [0.5, 0.6) is 0 Å². The van der Waals surface area contributed by atoms with Gasteiger partial charge in [-0.15, -0.1) is 0 Å². The van der Waals surface area contributed by atoms with Crippen LogP contribution in [0.3, 0.4) is 0 Å². The van der Waals surface area contributed by atoms with Crippen molar-refractivity contribution >= 4 is 15.9 Å². The lowest BCUT2D eigenvalue weighted by Gasteiger charge is -2.27. The van der Waals surface area contributed by atoms with E-state index in [1.54, 1.807) is 6.92 Å². The summed E-state index contributed by atoms with van der Waals surface area (Å²) in [5.41, 5.74) is 0. The highest BCUT2D eigenvalue weighted by molar-refractivity contribution is 7.89. The van der Waals surface area contributed by atoms with E-state index in [9.17, 15) is 13.2 Å². The first-order valence-corrected chi connectivity index (χ1v) is 10.5. The molecule has 0 spiro atoms. The largest absolute Gasteiger partial charge is 0.455 e. The van der Waals surface area contributed by atoms with Crippen molar-refractivity contribution in [2.75, 3.05) is 32.7 Å². The monoisotopic (exact) mass is 369 g/mol. The molecule has 0 radical (unpaired) electrons. The second kappa shape index (κ2) is 7.47. The first-order valence-electron chi connectivity index (χ1n) is 9.07. The number of carbonyl (C=O) groups excluding carboxylic acids is 1. The number of sulfonamides is 1. The lowest BCUT2D eigenvalue weighted by molar-refractivity contribution is 0.0658. The average molecular weight is 369 g/mol. The number of rotatable bonds is 6. The number of aryl methyl sites for hydroxylation is 1. The van der Waals surface area contributed by atoms with Gasteiger partial charge in [0.05, 0.1) is 0 Å². The van der Waals surface area contributed by atoms with E-state index in [4.69, 9.17) is 4.42 Å². The molecule has 3 heterocycles. The Bertz CT molecular complexity index is 716. The quantitative estimate of drug-likeness (QED) is 0.823. The second-order valence-electron chi connectivity index (χ2n) is 6.79. The van der Waals surface area contributed by atoms with Crippen LogP contribution in [0.25, 0.3) is 0 Å². The summed E-state index contributed by atoms with van der Waals surface area (Å²) in [6.07, 6.45) is 3.51. The van der Waals surface area contributed by atoms with Gasteiger partial charge in [0.15, 0.2) is 5.76 Å². The Morgan fingerprint density at radius 2 is 2.12 bits per heavy atom. The summed E-state index contributed by atoms with van der Waals surface area (Å²) in [5, 5.41) is 3.27. The highest BCUT2D eigenvalue weighted by atomic mass is 32.2. The number of hydrogen-bond acceptors (Lipinski definition) is 5. The molecule has 25 heavy (non-hydrogen) atoms. The molecule has 140 valence electrons. The van der Waals surface area contributed by atoms with E-state index in [-0.39, 0.29) is 28.4 Å². The lowest BCUT2D eigenvalue weighted by atomic mass is 10.2. The van der Waals surface area contributed by atoms with Crippen molar-refractivity contribution in [2.24, 2.45) is 0 Å². The van der Waals surface area contributed by atoms with Gasteiger partial charge in [-0.2, -0.15) is 4.31 Å². The molecular weight excluding hydrogens is 342 g/mol. The van der Waals surface area contributed by atoms with Crippen LogP contribution in [0.1, 0.15) is 48.9 Å². The summed E-state index contributed by atoms with van der Waals surface area (Å²) in [4.78, 5) is 14.9. The average Bonchev–Trinajstić information content (AvgIpc) is 3.31. The van der Waals surface area contributed by atoms with Crippen molar-refractivity contribution in [2.45, 2.75) is 50.5 Å². The van der Waals surface area contributed by atoms with E-state index in [1.807, 2.05) is 11.8 Å². The smallest absolute Gasteiger partial charge is 0.289 e. The fraction of sp³-hybridized carbons (Fsp3) is 0.706. The van der Waals surface area contributed by atoms with Crippen LogP contribution in [0.4, 0.5) is 0 Å². The molecule has 1 unspecified atom stereocenters. The van der Waals surface area contributed by atoms with E-state index in [0.717, 1.165) is 38.8 Å². The van der Waals surface area contributed by atoms with Crippen LogP contribution in [-0.2, 0) is 10.0 Å².